The first-order valence-electron chi connectivity index (χ1n) is 7.86. The molecular weight excluding hydrogens is 330 g/mol. The topological polar surface area (TPSA) is 30.5 Å². The van der Waals surface area contributed by atoms with E-state index in [9.17, 15) is 0 Å². The first-order valence-corrected chi connectivity index (χ1v) is 7.86. The van der Waals surface area contributed by atoms with Gasteiger partial charge < -0.3 is 14.8 Å². The highest BCUT2D eigenvalue weighted by atomic mass is 79.9. The quantitative estimate of drug-likeness (QED) is 0.761. The van der Waals surface area contributed by atoms with Crippen molar-refractivity contribution in [2.75, 3.05) is 13.7 Å². The summed E-state index contributed by atoms with van der Waals surface area (Å²) in [6.45, 7) is 3.57. The van der Waals surface area contributed by atoms with Gasteiger partial charge in [-0.15, -0.1) is 17.0 Å². The zero-order chi connectivity index (χ0) is 14.2. The van der Waals surface area contributed by atoms with Gasteiger partial charge in [-0.25, -0.2) is 0 Å². The van der Waals surface area contributed by atoms with Crippen LogP contribution in [0.4, 0.5) is 0 Å². The Bertz CT molecular complexity index is 404. The predicted molar refractivity (Wildman–Crippen MR) is 92.8 cm³/mol. The maximum atomic E-state index is 5.63. The van der Waals surface area contributed by atoms with Gasteiger partial charge in [0.2, 0.25) is 0 Å². The van der Waals surface area contributed by atoms with E-state index in [-0.39, 0.29) is 17.0 Å². The van der Waals surface area contributed by atoms with Crippen molar-refractivity contribution in [3.63, 3.8) is 0 Å². The van der Waals surface area contributed by atoms with E-state index >= 15 is 0 Å². The van der Waals surface area contributed by atoms with Crippen LogP contribution in [0.1, 0.15) is 51.0 Å². The number of nitrogens with one attached hydrogen (secondary N) is 1. The molecule has 3 nitrogen and oxygen atoms in total. The molecule has 1 aliphatic carbocycles. The number of hydrogen-bond acceptors (Lipinski definition) is 3. The SMILES string of the molecule is Br.CCOc1cc(CNC2CCCCCC2)ccc1OC. The van der Waals surface area contributed by atoms with Gasteiger partial charge >= 0.3 is 0 Å². The molecule has 0 unspecified atom stereocenters. The Morgan fingerprint density at radius 3 is 2.43 bits per heavy atom. The fourth-order valence-corrected chi connectivity index (χ4v) is 2.85. The number of methoxy groups -OCH3 is 1. The second-order valence-electron chi connectivity index (χ2n) is 5.49. The third-order valence-electron chi connectivity index (χ3n) is 3.98. The highest BCUT2D eigenvalue weighted by Crippen LogP contribution is 2.28. The fraction of sp³-hybridized carbons (Fsp3) is 0.647. The molecule has 0 saturated heterocycles. The van der Waals surface area contributed by atoms with Crippen LogP contribution in [0.5, 0.6) is 11.5 Å². The summed E-state index contributed by atoms with van der Waals surface area (Å²) in [6, 6.07) is 6.88. The largest absolute Gasteiger partial charge is 0.493 e. The number of benzene rings is 1. The molecule has 0 aromatic heterocycles. The third-order valence-corrected chi connectivity index (χ3v) is 3.98. The van der Waals surface area contributed by atoms with Crippen molar-refractivity contribution in [1.82, 2.24) is 5.32 Å². The number of ether oxygens (including phenoxy) is 2. The summed E-state index contributed by atoms with van der Waals surface area (Å²) in [5.41, 5.74) is 1.26. The molecule has 120 valence electrons. The lowest BCUT2D eigenvalue weighted by atomic mass is 10.1. The molecule has 0 atom stereocenters. The summed E-state index contributed by atoms with van der Waals surface area (Å²) in [7, 11) is 1.68. The van der Waals surface area contributed by atoms with E-state index in [1.807, 2.05) is 13.0 Å². The van der Waals surface area contributed by atoms with Gasteiger partial charge in [0, 0.05) is 12.6 Å². The van der Waals surface area contributed by atoms with Crippen LogP contribution in [-0.4, -0.2) is 19.8 Å². The lowest BCUT2D eigenvalue weighted by Crippen LogP contribution is -2.27. The standard InChI is InChI=1S/C17H27NO2.BrH/c1-3-20-17-12-14(10-11-16(17)19-2)13-18-15-8-6-4-5-7-9-15;/h10-12,15,18H,3-9,13H2,1-2H3;1H. The molecule has 21 heavy (non-hydrogen) atoms. The molecule has 2 rings (SSSR count). The minimum Gasteiger partial charge on any atom is -0.493 e. The summed E-state index contributed by atoms with van der Waals surface area (Å²) in [5, 5.41) is 3.69. The van der Waals surface area contributed by atoms with Crippen molar-refractivity contribution >= 4 is 17.0 Å². The Morgan fingerprint density at radius 2 is 1.81 bits per heavy atom. The Kier molecular flexibility index (Phi) is 8.77. The van der Waals surface area contributed by atoms with Crippen LogP contribution in [0.25, 0.3) is 0 Å². The van der Waals surface area contributed by atoms with Gasteiger partial charge in [-0.3, -0.25) is 0 Å². The van der Waals surface area contributed by atoms with Gasteiger partial charge in [0.25, 0.3) is 0 Å². The molecule has 0 amide bonds. The lowest BCUT2D eigenvalue weighted by molar-refractivity contribution is 0.310. The summed E-state index contributed by atoms with van der Waals surface area (Å²) in [6.07, 6.45) is 8.16. The molecule has 0 bridgehead atoms. The smallest absolute Gasteiger partial charge is 0.161 e. The fourth-order valence-electron chi connectivity index (χ4n) is 2.85. The average molecular weight is 358 g/mol. The van der Waals surface area contributed by atoms with Crippen LogP contribution in [0.3, 0.4) is 0 Å². The van der Waals surface area contributed by atoms with E-state index in [0.29, 0.717) is 12.6 Å². The van der Waals surface area contributed by atoms with E-state index in [1.165, 1.54) is 44.1 Å². The maximum Gasteiger partial charge on any atom is 0.161 e. The number of rotatable bonds is 6. The van der Waals surface area contributed by atoms with E-state index in [2.05, 4.69) is 17.4 Å². The first kappa shape index (κ1) is 18.3. The Labute approximate surface area is 139 Å². The van der Waals surface area contributed by atoms with Gasteiger partial charge in [0.15, 0.2) is 11.5 Å². The van der Waals surface area contributed by atoms with Crippen LogP contribution >= 0.6 is 17.0 Å². The molecule has 0 spiro atoms. The second kappa shape index (κ2) is 10.1. The van der Waals surface area contributed by atoms with E-state index in [1.54, 1.807) is 7.11 Å². The molecule has 4 heteroatoms. The van der Waals surface area contributed by atoms with Crippen molar-refractivity contribution in [3.05, 3.63) is 23.8 Å². The Morgan fingerprint density at radius 1 is 1.10 bits per heavy atom. The molecule has 1 aromatic rings. The minimum absolute atomic E-state index is 0. The molecule has 1 aromatic carbocycles. The van der Waals surface area contributed by atoms with E-state index < -0.39 is 0 Å². The van der Waals surface area contributed by atoms with Gasteiger partial charge in [0.05, 0.1) is 13.7 Å². The molecule has 0 heterocycles. The molecule has 1 N–H and O–H groups in total. The van der Waals surface area contributed by atoms with Crippen LogP contribution in [0, 0.1) is 0 Å². The van der Waals surface area contributed by atoms with Crippen molar-refractivity contribution in [1.29, 1.82) is 0 Å². The van der Waals surface area contributed by atoms with Crippen molar-refractivity contribution < 1.29 is 9.47 Å². The summed E-state index contributed by atoms with van der Waals surface area (Å²) < 4.78 is 10.9. The highest BCUT2D eigenvalue weighted by Gasteiger charge is 2.12. The van der Waals surface area contributed by atoms with Gasteiger partial charge in [-0.05, 0) is 37.5 Å². The molecular formula is C17H28BrNO2. The van der Waals surface area contributed by atoms with Crippen molar-refractivity contribution in [3.8, 4) is 11.5 Å². The normalized spacial score (nSPS) is 15.9. The average Bonchev–Trinajstić information content (AvgIpc) is 2.74. The number of hydrogen-bond donors (Lipinski definition) is 1. The van der Waals surface area contributed by atoms with E-state index in [0.717, 1.165) is 18.0 Å². The Balaban J connectivity index is 0.00000220. The monoisotopic (exact) mass is 357 g/mol. The second-order valence-corrected chi connectivity index (χ2v) is 5.49. The molecule has 0 radical (unpaired) electrons. The summed E-state index contributed by atoms with van der Waals surface area (Å²) >= 11 is 0. The zero-order valence-corrected chi connectivity index (χ0v) is 14.9. The van der Waals surface area contributed by atoms with E-state index in [4.69, 9.17) is 9.47 Å². The predicted octanol–water partition coefficient (Wildman–Crippen LogP) is 4.48. The van der Waals surface area contributed by atoms with Gasteiger partial charge in [-0.2, -0.15) is 0 Å². The van der Waals surface area contributed by atoms with Gasteiger partial charge in [-0.1, -0.05) is 31.7 Å². The van der Waals surface area contributed by atoms with Crippen molar-refractivity contribution in [2.45, 2.75) is 58.0 Å². The van der Waals surface area contributed by atoms with Crippen LogP contribution in [0.2, 0.25) is 0 Å². The third kappa shape index (κ3) is 5.87. The van der Waals surface area contributed by atoms with Crippen LogP contribution in [-0.2, 0) is 6.54 Å². The highest BCUT2D eigenvalue weighted by molar-refractivity contribution is 8.93. The maximum absolute atomic E-state index is 5.63. The molecule has 1 fully saturated rings. The summed E-state index contributed by atoms with van der Waals surface area (Å²) in [4.78, 5) is 0. The molecule has 1 aliphatic rings. The van der Waals surface area contributed by atoms with Crippen LogP contribution in [0.15, 0.2) is 18.2 Å². The van der Waals surface area contributed by atoms with Gasteiger partial charge in [0.1, 0.15) is 0 Å². The molecule has 1 saturated carbocycles. The zero-order valence-electron chi connectivity index (χ0n) is 13.2. The number of halogens is 1. The Hall–Kier alpha value is -0.740. The lowest BCUT2D eigenvalue weighted by Gasteiger charge is -2.17. The van der Waals surface area contributed by atoms with Crippen molar-refractivity contribution in [2.24, 2.45) is 0 Å². The first-order chi connectivity index (χ1) is 9.83. The van der Waals surface area contributed by atoms with Crippen LogP contribution < -0.4 is 14.8 Å². The minimum atomic E-state index is 0. The molecule has 0 aliphatic heterocycles. The summed E-state index contributed by atoms with van der Waals surface area (Å²) in [5.74, 6) is 1.65.